The summed E-state index contributed by atoms with van der Waals surface area (Å²) in [4.78, 5) is 18.9. The summed E-state index contributed by atoms with van der Waals surface area (Å²) >= 11 is 0. The molecular weight excluding hydrogens is 288 g/mol. The third-order valence-corrected chi connectivity index (χ3v) is 3.56. The zero-order chi connectivity index (χ0) is 16.1. The van der Waals surface area contributed by atoms with E-state index in [0.717, 1.165) is 17.0 Å². The summed E-state index contributed by atoms with van der Waals surface area (Å²) in [6.07, 6.45) is 3.35. The lowest BCUT2D eigenvalue weighted by Crippen LogP contribution is -2.30. The SMILES string of the molecule is Cc1cccc(C(=O)N(Cc2ccccn2)Cc2ccco2)c1. The number of nitrogens with zero attached hydrogens (tertiary/aromatic N) is 2. The molecule has 0 fully saturated rings. The monoisotopic (exact) mass is 306 g/mol. The molecule has 0 unspecified atom stereocenters. The molecule has 4 heteroatoms. The highest BCUT2D eigenvalue weighted by Crippen LogP contribution is 2.14. The molecule has 23 heavy (non-hydrogen) atoms. The van der Waals surface area contributed by atoms with Gasteiger partial charge in [0.1, 0.15) is 5.76 Å². The molecule has 4 nitrogen and oxygen atoms in total. The molecule has 0 saturated carbocycles. The highest BCUT2D eigenvalue weighted by Gasteiger charge is 2.18. The number of aryl methyl sites for hydroxylation is 1. The summed E-state index contributed by atoms with van der Waals surface area (Å²) in [5, 5.41) is 0. The predicted octanol–water partition coefficient (Wildman–Crippen LogP) is 3.83. The van der Waals surface area contributed by atoms with Gasteiger partial charge in [0.25, 0.3) is 5.91 Å². The molecule has 1 aromatic carbocycles. The van der Waals surface area contributed by atoms with Gasteiger partial charge in [0.05, 0.1) is 25.0 Å². The van der Waals surface area contributed by atoms with Crippen LogP contribution in [0.5, 0.6) is 0 Å². The van der Waals surface area contributed by atoms with Crippen LogP contribution in [-0.4, -0.2) is 15.8 Å². The van der Waals surface area contributed by atoms with Gasteiger partial charge in [-0.15, -0.1) is 0 Å². The van der Waals surface area contributed by atoms with Crippen LogP contribution in [0, 0.1) is 6.92 Å². The molecule has 0 N–H and O–H groups in total. The average molecular weight is 306 g/mol. The molecule has 0 atom stereocenters. The molecule has 2 aromatic heterocycles. The Labute approximate surface area is 135 Å². The van der Waals surface area contributed by atoms with Crippen molar-refractivity contribution in [3.05, 3.63) is 89.6 Å². The number of furan rings is 1. The van der Waals surface area contributed by atoms with Crippen molar-refractivity contribution in [1.82, 2.24) is 9.88 Å². The molecule has 116 valence electrons. The van der Waals surface area contributed by atoms with E-state index in [-0.39, 0.29) is 5.91 Å². The van der Waals surface area contributed by atoms with Crippen LogP contribution in [0.1, 0.15) is 27.4 Å². The van der Waals surface area contributed by atoms with E-state index >= 15 is 0 Å². The molecule has 0 aliphatic heterocycles. The molecule has 0 saturated heterocycles. The first-order valence-electron chi connectivity index (χ1n) is 7.50. The Kier molecular flexibility index (Phi) is 4.52. The Morgan fingerprint density at radius 3 is 2.70 bits per heavy atom. The number of pyridine rings is 1. The van der Waals surface area contributed by atoms with Crippen molar-refractivity contribution in [3.8, 4) is 0 Å². The van der Waals surface area contributed by atoms with Gasteiger partial charge in [-0.3, -0.25) is 9.78 Å². The molecule has 0 bridgehead atoms. The highest BCUT2D eigenvalue weighted by molar-refractivity contribution is 5.94. The van der Waals surface area contributed by atoms with Crippen LogP contribution in [-0.2, 0) is 13.1 Å². The summed E-state index contributed by atoms with van der Waals surface area (Å²) in [5.74, 6) is 0.720. The summed E-state index contributed by atoms with van der Waals surface area (Å²) in [5.41, 5.74) is 2.58. The van der Waals surface area contributed by atoms with Gasteiger partial charge in [-0.05, 0) is 43.3 Å². The second kappa shape index (κ2) is 6.92. The van der Waals surface area contributed by atoms with Gasteiger partial charge >= 0.3 is 0 Å². The van der Waals surface area contributed by atoms with Crippen molar-refractivity contribution in [1.29, 1.82) is 0 Å². The largest absolute Gasteiger partial charge is 0.467 e. The van der Waals surface area contributed by atoms with E-state index in [1.807, 2.05) is 61.5 Å². The number of amides is 1. The maximum absolute atomic E-state index is 12.9. The Balaban J connectivity index is 1.86. The maximum Gasteiger partial charge on any atom is 0.254 e. The molecule has 0 aliphatic carbocycles. The number of aromatic nitrogens is 1. The summed E-state index contributed by atoms with van der Waals surface area (Å²) in [6.45, 7) is 2.83. The molecule has 3 aromatic rings. The number of carbonyl (C=O) groups excluding carboxylic acids is 1. The smallest absolute Gasteiger partial charge is 0.254 e. The molecule has 2 heterocycles. The third-order valence-electron chi connectivity index (χ3n) is 3.56. The van der Waals surface area contributed by atoms with Crippen LogP contribution in [0.4, 0.5) is 0 Å². The molecular formula is C19H18N2O2. The van der Waals surface area contributed by atoms with Crippen molar-refractivity contribution in [3.63, 3.8) is 0 Å². The van der Waals surface area contributed by atoms with Crippen molar-refractivity contribution in [2.45, 2.75) is 20.0 Å². The first kappa shape index (κ1) is 15.0. The van der Waals surface area contributed by atoms with E-state index in [4.69, 9.17) is 4.42 Å². The second-order valence-corrected chi connectivity index (χ2v) is 5.43. The normalized spacial score (nSPS) is 10.5. The van der Waals surface area contributed by atoms with Gasteiger partial charge in [0, 0.05) is 11.8 Å². The summed E-state index contributed by atoms with van der Waals surface area (Å²) in [7, 11) is 0. The lowest BCUT2D eigenvalue weighted by molar-refractivity contribution is 0.0715. The molecule has 0 radical (unpaired) electrons. The van der Waals surface area contributed by atoms with Crippen molar-refractivity contribution < 1.29 is 9.21 Å². The minimum Gasteiger partial charge on any atom is -0.467 e. The van der Waals surface area contributed by atoms with Crippen LogP contribution < -0.4 is 0 Å². The first-order valence-corrected chi connectivity index (χ1v) is 7.50. The van der Waals surface area contributed by atoms with Gasteiger partial charge in [-0.1, -0.05) is 23.8 Å². The van der Waals surface area contributed by atoms with Crippen LogP contribution in [0.25, 0.3) is 0 Å². The van der Waals surface area contributed by atoms with Crippen molar-refractivity contribution in [2.75, 3.05) is 0 Å². The summed E-state index contributed by atoms with van der Waals surface area (Å²) in [6, 6.07) is 17.0. The fraction of sp³-hybridized carbons (Fsp3) is 0.158. The standard InChI is InChI=1S/C19H18N2O2/c1-15-6-4-7-16(12-15)19(22)21(14-18-9-5-11-23-18)13-17-8-2-3-10-20-17/h2-12H,13-14H2,1H3. The maximum atomic E-state index is 12.9. The van der Waals surface area contributed by atoms with Crippen LogP contribution in [0.2, 0.25) is 0 Å². The number of hydrogen-bond acceptors (Lipinski definition) is 3. The Bertz CT molecular complexity index is 767. The van der Waals surface area contributed by atoms with Crippen LogP contribution >= 0.6 is 0 Å². The Morgan fingerprint density at radius 2 is 2.00 bits per heavy atom. The van der Waals surface area contributed by atoms with Crippen LogP contribution in [0.15, 0.2) is 71.5 Å². The zero-order valence-corrected chi connectivity index (χ0v) is 13.0. The minimum atomic E-state index is -0.0317. The number of rotatable bonds is 5. The van der Waals surface area contributed by atoms with Crippen LogP contribution in [0.3, 0.4) is 0 Å². The van der Waals surface area contributed by atoms with Gasteiger partial charge in [0.2, 0.25) is 0 Å². The quantitative estimate of drug-likeness (QED) is 0.720. The Hall–Kier alpha value is -2.88. The zero-order valence-electron chi connectivity index (χ0n) is 13.0. The van der Waals surface area contributed by atoms with Gasteiger partial charge in [-0.25, -0.2) is 0 Å². The van der Waals surface area contributed by atoms with E-state index in [9.17, 15) is 4.79 Å². The number of benzene rings is 1. The van der Waals surface area contributed by atoms with E-state index in [1.54, 1.807) is 17.4 Å². The van der Waals surface area contributed by atoms with Crippen molar-refractivity contribution in [2.24, 2.45) is 0 Å². The molecule has 0 aliphatic rings. The Morgan fingerprint density at radius 1 is 1.09 bits per heavy atom. The fourth-order valence-electron chi connectivity index (χ4n) is 2.44. The summed E-state index contributed by atoms with van der Waals surface area (Å²) < 4.78 is 5.40. The lowest BCUT2D eigenvalue weighted by Gasteiger charge is -2.21. The molecule has 3 rings (SSSR count). The van der Waals surface area contributed by atoms with E-state index in [1.165, 1.54) is 0 Å². The lowest BCUT2D eigenvalue weighted by atomic mass is 10.1. The van der Waals surface area contributed by atoms with Gasteiger partial charge in [-0.2, -0.15) is 0 Å². The number of hydrogen-bond donors (Lipinski definition) is 0. The third kappa shape index (κ3) is 3.86. The minimum absolute atomic E-state index is 0.0317. The average Bonchev–Trinajstić information content (AvgIpc) is 3.08. The van der Waals surface area contributed by atoms with Gasteiger partial charge in [0.15, 0.2) is 0 Å². The number of carbonyl (C=O) groups is 1. The second-order valence-electron chi connectivity index (χ2n) is 5.43. The van der Waals surface area contributed by atoms with E-state index < -0.39 is 0 Å². The van der Waals surface area contributed by atoms with Crippen molar-refractivity contribution >= 4 is 5.91 Å². The highest BCUT2D eigenvalue weighted by atomic mass is 16.3. The predicted molar refractivity (Wildman–Crippen MR) is 87.7 cm³/mol. The van der Waals surface area contributed by atoms with E-state index in [0.29, 0.717) is 18.7 Å². The van der Waals surface area contributed by atoms with E-state index in [2.05, 4.69) is 4.98 Å². The first-order chi connectivity index (χ1) is 11.2. The fourth-order valence-corrected chi connectivity index (χ4v) is 2.44. The molecule has 1 amide bonds. The molecule has 0 spiro atoms. The van der Waals surface area contributed by atoms with Gasteiger partial charge < -0.3 is 9.32 Å². The topological polar surface area (TPSA) is 46.3 Å².